The number of pyridine rings is 1. The third-order valence-electron chi connectivity index (χ3n) is 3.49. The summed E-state index contributed by atoms with van der Waals surface area (Å²) in [6, 6.07) is 11.2. The van der Waals surface area contributed by atoms with Gasteiger partial charge in [0.25, 0.3) is 0 Å². The van der Waals surface area contributed by atoms with Gasteiger partial charge in [0.1, 0.15) is 17.1 Å². The first kappa shape index (κ1) is 16.8. The first-order valence-corrected chi connectivity index (χ1v) is 8.70. The van der Waals surface area contributed by atoms with Crippen molar-refractivity contribution in [3.63, 3.8) is 0 Å². The van der Waals surface area contributed by atoms with Crippen molar-refractivity contribution in [3.05, 3.63) is 48.7 Å². The molecule has 3 rings (SSSR count). The van der Waals surface area contributed by atoms with Gasteiger partial charge in [0.15, 0.2) is 0 Å². The van der Waals surface area contributed by atoms with Crippen molar-refractivity contribution in [1.29, 1.82) is 0 Å². The van der Waals surface area contributed by atoms with Gasteiger partial charge < -0.3 is 10.5 Å². The van der Waals surface area contributed by atoms with E-state index in [1.165, 1.54) is 18.2 Å². The summed E-state index contributed by atoms with van der Waals surface area (Å²) in [6.45, 7) is 0. The number of nitrogen functional groups attached to an aromatic ring is 1. The zero-order valence-electron chi connectivity index (χ0n) is 13.2. The Kier molecular flexibility index (Phi) is 4.34. The number of primary sulfonamides is 1. The molecule has 9 heteroatoms. The second-order valence-electron chi connectivity index (χ2n) is 5.19. The summed E-state index contributed by atoms with van der Waals surface area (Å²) in [5, 5.41) is 14.2. The zero-order chi connectivity index (χ0) is 18.0. The molecule has 1 heterocycles. The molecule has 25 heavy (non-hydrogen) atoms. The second kappa shape index (κ2) is 6.46. The van der Waals surface area contributed by atoms with Crippen LogP contribution >= 0.6 is 0 Å². The summed E-state index contributed by atoms with van der Waals surface area (Å²) in [5.41, 5.74) is 7.40. The fourth-order valence-electron chi connectivity index (χ4n) is 2.24. The summed E-state index contributed by atoms with van der Waals surface area (Å²) < 4.78 is 28.2. The number of azo groups is 1. The van der Waals surface area contributed by atoms with Crippen LogP contribution in [0, 0.1) is 0 Å². The van der Waals surface area contributed by atoms with Crippen LogP contribution in [0.3, 0.4) is 0 Å². The summed E-state index contributed by atoms with van der Waals surface area (Å²) in [4.78, 5) is 4.20. The molecular weight excluding hydrogens is 342 g/mol. The van der Waals surface area contributed by atoms with Crippen LogP contribution in [0.1, 0.15) is 0 Å². The fourth-order valence-corrected chi connectivity index (χ4v) is 2.77. The number of fused-ring (bicyclic) bond motifs is 1. The van der Waals surface area contributed by atoms with E-state index < -0.39 is 10.0 Å². The van der Waals surface area contributed by atoms with E-state index in [-0.39, 0.29) is 16.3 Å². The Balaban J connectivity index is 2.10. The molecule has 0 aliphatic carbocycles. The molecule has 0 aliphatic rings. The number of methoxy groups -OCH3 is 1. The lowest BCUT2D eigenvalue weighted by molar-refractivity contribution is 0.415. The minimum absolute atomic E-state index is 0.0933. The van der Waals surface area contributed by atoms with Crippen molar-refractivity contribution in [2.45, 2.75) is 4.90 Å². The number of hydrogen-bond acceptors (Lipinski definition) is 7. The molecule has 0 unspecified atom stereocenters. The number of rotatable bonds is 4. The van der Waals surface area contributed by atoms with Crippen molar-refractivity contribution in [1.82, 2.24) is 4.98 Å². The number of hydrogen-bond donors (Lipinski definition) is 2. The predicted molar refractivity (Wildman–Crippen MR) is 94.7 cm³/mol. The van der Waals surface area contributed by atoms with Gasteiger partial charge in [-0.15, -0.1) is 10.2 Å². The Hall–Kier alpha value is -3.04. The van der Waals surface area contributed by atoms with Crippen molar-refractivity contribution < 1.29 is 13.2 Å². The largest absolute Gasteiger partial charge is 0.497 e. The topological polar surface area (TPSA) is 133 Å². The molecule has 4 N–H and O–H groups in total. The SMILES string of the molecule is COc1cc(N=Nc2cc(S(N)(=O)=O)ccc2N)c2ncccc2c1. The van der Waals surface area contributed by atoms with Gasteiger partial charge in [-0.2, -0.15) is 0 Å². The van der Waals surface area contributed by atoms with Gasteiger partial charge in [-0.3, -0.25) is 4.98 Å². The second-order valence-corrected chi connectivity index (χ2v) is 6.75. The van der Waals surface area contributed by atoms with Crippen molar-refractivity contribution >= 4 is 38.0 Å². The van der Waals surface area contributed by atoms with Crippen molar-refractivity contribution in [3.8, 4) is 5.75 Å². The average Bonchev–Trinajstić information content (AvgIpc) is 2.59. The first-order chi connectivity index (χ1) is 11.9. The quantitative estimate of drug-likeness (QED) is 0.547. The van der Waals surface area contributed by atoms with E-state index in [2.05, 4.69) is 15.2 Å². The number of aromatic nitrogens is 1. The van der Waals surface area contributed by atoms with Crippen LogP contribution in [0.25, 0.3) is 10.9 Å². The lowest BCUT2D eigenvalue weighted by atomic mass is 10.2. The Morgan fingerprint density at radius 1 is 1.08 bits per heavy atom. The summed E-state index contributed by atoms with van der Waals surface area (Å²) in [6.07, 6.45) is 1.64. The van der Waals surface area contributed by atoms with Gasteiger partial charge in [-0.1, -0.05) is 6.07 Å². The minimum atomic E-state index is -3.86. The molecule has 0 atom stereocenters. The van der Waals surface area contributed by atoms with Crippen LogP contribution in [0.5, 0.6) is 5.75 Å². The summed E-state index contributed by atoms with van der Waals surface area (Å²) in [5.74, 6) is 0.598. The van der Waals surface area contributed by atoms with E-state index in [1.807, 2.05) is 12.1 Å². The molecule has 0 fully saturated rings. The number of benzene rings is 2. The number of sulfonamides is 1. The molecule has 0 aliphatic heterocycles. The zero-order valence-corrected chi connectivity index (χ0v) is 14.1. The normalized spacial score (nSPS) is 11.9. The van der Waals surface area contributed by atoms with Gasteiger partial charge in [0.2, 0.25) is 10.0 Å². The van der Waals surface area contributed by atoms with Crippen LogP contribution in [-0.4, -0.2) is 20.5 Å². The number of ether oxygens (including phenoxy) is 1. The highest BCUT2D eigenvalue weighted by molar-refractivity contribution is 7.89. The van der Waals surface area contributed by atoms with Crippen LogP contribution in [0.4, 0.5) is 17.1 Å². The van der Waals surface area contributed by atoms with Gasteiger partial charge >= 0.3 is 0 Å². The molecular formula is C16H15N5O3S. The van der Waals surface area contributed by atoms with E-state index in [9.17, 15) is 8.42 Å². The van der Waals surface area contributed by atoms with Gasteiger partial charge in [0, 0.05) is 17.6 Å². The maximum atomic E-state index is 11.5. The molecule has 0 amide bonds. The van der Waals surface area contributed by atoms with Crippen molar-refractivity contribution in [2.75, 3.05) is 12.8 Å². The molecule has 1 aromatic heterocycles. The Morgan fingerprint density at radius 2 is 1.84 bits per heavy atom. The fraction of sp³-hybridized carbons (Fsp3) is 0.0625. The van der Waals surface area contributed by atoms with Crippen LogP contribution < -0.4 is 15.6 Å². The summed E-state index contributed by atoms with van der Waals surface area (Å²) in [7, 11) is -2.31. The van der Waals surface area contributed by atoms with Crippen molar-refractivity contribution in [2.24, 2.45) is 15.4 Å². The molecule has 8 nitrogen and oxygen atoms in total. The maximum absolute atomic E-state index is 11.5. The smallest absolute Gasteiger partial charge is 0.238 e. The third-order valence-corrected chi connectivity index (χ3v) is 4.40. The monoisotopic (exact) mass is 357 g/mol. The van der Waals surface area contributed by atoms with Gasteiger partial charge in [-0.25, -0.2) is 13.6 Å². The number of nitrogens with two attached hydrogens (primary N) is 2. The van der Waals surface area contributed by atoms with E-state index >= 15 is 0 Å². The molecule has 2 aromatic carbocycles. The third kappa shape index (κ3) is 3.57. The van der Waals surface area contributed by atoms with Crippen LogP contribution in [0.15, 0.2) is 63.8 Å². The highest BCUT2D eigenvalue weighted by Crippen LogP contribution is 2.32. The molecule has 0 bridgehead atoms. The standard InChI is InChI=1S/C16H15N5O3S/c1-24-11-7-10-3-2-6-19-16(10)15(8-11)21-20-14-9-12(25(18,22)23)4-5-13(14)17/h2-9H,17H2,1H3,(H2,18,22,23). The van der Waals surface area contributed by atoms with E-state index in [4.69, 9.17) is 15.6 Å². The maximum Gasteiger partial charge on any atom is 0.238 e. The molecule has 128 valence electrons. The minimum Gasteiger partial charge on any atom is -0.497 e. The molecule has 3 aromatic rings. The van der Waals surface area contributed by atoms with E-state index in [1.54, 1.807) is 25.4 Å². The van der Waals surface area contributed by atoms with E-state index in [0.717, 1.165) is 5.39 Å². The molecule has 0 saturated carbocycles. The molecule has 0 radical (unpaired) electrons. The summed E-state index contributed by atoms with van der Waals surface area (Å²) >= 11 is 0. The van der Waals surface area contributed by atoms with E-state index in [0.29, 0.717) is 17.0 Å². The Labute approximate surface area is 144 Å². The predicted octanol–water partition coefficient (Wildman–Crippen LogP) is 2.89. The first-order valence-electron chi connectivity index (χ1n) is 7.15. The number of anilines is 1. The van der Waals surface area contributed by atoms with Crippen LogP contribution in [-0.2, 0) is 10.0 Å². The van der Waals surface area contributed by atoms with Gasteiger partial charge in [-0.05, 0) is 30.3 Å². The lowest BCUT2D eigenvalue weighted by Crippen LogP contribution is -2.11. The Bertz CT molecular complexity index is 1080. The van der Waals surface area contributed by atoms with Gasteiger partial charge in [0.05, 0.1) is 23.2 Å². The molecule has 0 spiro atoms. The highest BCUT2D eigenvalue weighted by Gasteiger charge is 2.11. The Morgan fingerprint density at radius 3 is 2.56 bits per heavy atom. The average molecular weight is 357 g/mol. The van der Waals surface area contributed by atoms with Crippen LogP contribution in [0.2, 0.25) is 0 Å². The highest BCUT2D eigenvalue weighted by atomic mass is 32.2. The lowest BCUT2D eigenvalue weighted by Gasteiger charge is -2.05. The molecule has 0 saturated heterocycles. The number of nitrogens with zero attached hydrogens (tertiary/aromatic N) is 3.